The smallest absolute Gasteiger partial charge is 0.142 e. The number of halogens is 1. The van der Waals surface area contributed by atoms with E-state index in [4.69, 9.17) is 22.1 Å². The van der Waals surface area contributed by atoms with Crippen LogP contribution in [0.2, 0.25) is 5.02 Å². The number of methoxy groups -OCH3 is 1. The lowest BCUT2D eigenvalue weighted by molar-refractivity contribution is 0.406. The number of ether oxygens (including phenoxy) is 1. The molecule has 4 heteroatoms. The molecular formula is C9H12ClNO2. The van der Waals surface area contributed by atoms with Crippen LogP contribution in [0, 0.1) is 0 Å². The highest BCUT2D eigenvalue weighted by Gasteiger charge is 2.13. The standard InChI is InChI=1S/C9H12ClNO2/c1-5(11)6-3-4-7(13-2)8(10)9(6)12/h3-5,12H,11H2,1-2H3. The van der Waals surface area contributed by atoms with Crippen LogP contribution in [0.5, 0.6) is 11.5 Å². The molecule has 0 saturated heterocycles. The molecule has 3 N–H and O–H groups in total. The normalized spacial score (nSPS) is 12.6. The molecule has 72 valence electrons. The summed E-state index contributed by atoms with van der Waals surface area (Å²) in [6, 6.07) is 3.13. The Labute approximate surface area is 82.1 Å². The fraction of sp³-hybridized carbons (Fsp3) is 0.333. The SMILES string of the molecule is COc1ccc(C(C)N)c(O)c1Cl. The van der Waals surface area contributed by atoms with E-state index in [-0.39, 0.29) is 16.8 Å². The Hall–Kier alpha value is -0.930. The van der Waals surface area contributed by atoms with Gasteiger partial charge in [-0.3, -0.25) is 0 Å². The highest BCUT2D eigenvalue weighted by molar-refractivity contribution is 6.33. The van der Waals surface area contributed by atoms with Crippen molar-refractivity contribution in [2.24, 2.45) is 5.73 Å². The number of hydrogen-bond donors (Lipinski definition) is 2. The number of benzene rings is 1. The first-order valence-corrected chi connectivity index (χ1v) is 4.26. The molecule has 0 amide bonds. The molecule has 0 heterocycles. The summed E-state index contributed by atoms with van der Waals surface area (Å²) in [7, 11) is 1.49. The lowest BCUT2D eigenvalue weighted by atomic mass is 10.1. The quantitative estimate of drug-likeness (QED) is 0.770. The van der Waals surface area contributed by atoms with Crippen LogP contribution in [-0.2, 0) is 0 Å². The van der Waals surface area contributed by atoms with Gasteiger partial charge in [0, 0.05) is 11.6 Å². The third kappa shape index (κ3) is 1.87. The van der Waals surface area contributed by atoms with E-state index in [1.807, 2.05) is 0 Å². The van der Waals surface area contributed by atoms with Gasteiger partial charge in [0.15, 0.2) is 0 Å². The molecule has 1 aromatic rings. The van der Waals surface area contributed by atoms with Gasteiger partial charge in [-0.25, -0.2) is 0 Å². The lowest BCUT2D eigenvalue weighted by Crippen LogP contribution is -2.05. The van der Waals surface area contributed by atoms with Gasteiger partial charge in [-0.2, -0.15) is 0 Å². The van der Waals surface area contributed by atoms with Gasteiger partial charge < -0.3 is 15.6 Å². The molecule has 0 radical (unpaired) electrons. The number of rotatable bonds is 2. The van der Waals surface area contributed by atoms with Crippen molar-refractivity contribution in [2.75, 3.05) is 7.11 Å². The molecule has 0 aliphatic heterocycles. The summed E-state index contributed by atoms with van der Waals surface area (Å²) in [5.74, 6) is 0.444. The molecule has 0 spiro atoms. The fourth-order valence-corrected chi connectivity index (χ4v) is 1.34. The molecule has 0 bridgehead atoms. The Morgan fingerprint density at radius 1 is 1.54 bits per heavy atom. The zero-order chi connectivity index (χ0) is 10.0. The summed E-state index contributed by atoms with van der Waals surface area (Å²) in [6.45, 7) is 1.78. The van der Waals surface area contributed by atoms with Crippen molar-refractivity contribution in [1.82, 2.24) is 0 Å². The van der Waals surface area contributed by atoms with Gasteiger partial charge in [-0.15, -0.1) is 0 Å². The van der Waals surface area contributed by atoms with E-state index in [1.165, 1.54) is 7.11 Å². The molecule has 0 aliphatic carbocycles. The molecule has 1 atom stereocenters. The van der Waals surface area contributed by atoms with E-state index in [1.54, 1.807) is 19.1 Å². The van der Waals surface area contributed by atoms with Gasteiger partial charge >= 0.3 is 0 Å². The monoisotopic (exact) mass is 201 g/mol. The maximum absolute atomic E-state index is 9.59. The molecule has 13 heavy (non-hydrogen) atoms. The summed E-state index contributed by atoms with van der Waals surface area (Å²) in [6.07, 6.45) is 0. The van der Waals surface area contributed by atoms with Gasteiger partial charge in [0.25, 0.3) is 0 Å². The average molecular weight is 202 g/mol. The second kappa shape index (κ2) is 3.85. The number of aromatic hydroxyl groups is 1. The minimum atomic E-state index is -0.247. The topological polar surface area (TPSA) is 55.5 Å². The van der Waals surface area contributed by atoms with Crippen molar-refractivity contribution in [3.8, 4) is 11.5 Å². The van der Waals surface area contributed by atoms with E-state index in [2.05, 4.69) is 0 Å². The molecule has 0 aliphatic rings. The number of phenolic OH excluding ortho intramolecular Hbond substituents is 1. The van der Waals surface area contributed by atoms with Crippen LogP contribution in [-0.4, -0.2) is 12.2 Å². The second-order valence-electron chi connectivity index (χ2n) is 2.81. The van der Waals surface area contributed by atoms with Gasteiger partial charge in [0.05, 0.1) is 7.11 Å². The van der Waals surface area contributed by atoms with Crippen LogP contribution >= 0.6 is 11.6 Å². The Bertz CT molecular complexity index is 313. The van der Waals surface area contributed by atoms with Gasteiger partial charge in [0.1, 0.15) is 16.5 Å². The highest BCUT2D eigenvalue weighted by atomic mass is 35.5. The van der Waals surface area contributed by atoms with Crippen molar-refractivity contribution in [1.29, 1.82) is 0 Å². The van der Waals surface area contributed by atoms with E-state index in [9.17, 15) is 5.11 Å². The van der Waals surface area contributed by atoms with Crippen molar-refractivity contribution >= 4 is 11.6 Å². The highest BCUT2D eigenvalue weighted by Crippen LogP contribution is 2.37. The average Bonchev–Trinajstić information content (AvgIpc) is 2.09. The molecule has 3 nitrogen and oxygen atoms in total. The van der Waals surface area contributed by atoms with E-state index >= 15 is 0 Å². The molecule has 1 unspecified atom stereocenters. The summed E-state index contributed by atoms with van der Waals surface area (Å²) >= 11 is 5.81. The van der Waals surface area contributed by atoms with Crippen LogP contribution in [0.1, 0.15) is 18.5 Å². The summed E-state index contributed by atoms with van der Waals surface area (Å²) < 4.78 is 4.93. The van der Waals surface area contributed by atoms with Crippen molar-refractivity contribution in [2.45, 2.75) is 13.0 Å². The third-order valence-corrected chi connectivity index (χ3v) is 2.19. The van der Waals surface area contributed by atoms with Crippen molar-refractivity contribution < 1.29 is 9.84 Å². The Morgan fingerprint density at radius 3 is 2.62 bits per heavy atom. The largest absolute Gasteiger partial charge is 0.506 e. The van der Waals surface area contributed by atoms with Crippen LogP contribution in [0.15, 0.2) is 12.1 Å². The minimum Gasteiger partial charge on any atom is -0.506 e. The predicted octanol–water partition coefficient (Wildman–Crippen LogP) is 2.07. The Kier molecular flexibility index (Phi) is 3.01. The first-order chi connectivity index (χ1) is 6.07. The van der Waals surface area contributed by atoms with Gasteiger partial charge in [0.2, 0.25) is 0 Å². The van der Waals surface area contributed by atoms with Crippen LogP contribution in [0.25, 0.3) is 0 Å². The number of hydrogen-bond acceptors (Lipinski definition) is 3. The maximum Gasteiger partial charge on any atom is 0.142 e. The third-order valence-electron chi connectivity index (χ3n) is 1.82. The Balaban J connectivity index is 3.23. The molecule has 0 saturated carbocycles. The number of phenols is 1. The minimum absolute atomic E-state index is 0.00369. The summed E-state index contributed by atoms with van der Waals surface area (Å²) in [5.41, 5.74) is 6.23. The first kappa shape index (κ1) is 10.2. The fourth-order valence-electron chi connectivity index (χ4n) is 1.09. The Morgan fingerprint density at radius 2 is 2.15 bits per heavy atom. The second-order valence-corrected chi connectivity index (χ2v) is 3.19. The van der Waals surface area contributed by atoms with Gasteiger partial charge in [-0.1, -0.05) is 11.6 Å². The first-order valence-electron chi connectivity index (χ1n) is 3.89. The summed E-state index contributed by atoms with van der Waals surface area (Å²) in [4.78, 5) is 0. The lowest BCUT2D eigenvalue weighted by Gasteiger charge is -2.11. The maximum atomic E-state index is 9.59. The molecule has 0 aromatic heterocycles. The van der Waals surface area contributed by atoms with Gasteiger partial charge in [-0.05, 0) is 19.1 Å². The zero-order valence-corrected chi connectivity index (χ0v) is 8.30. The summed E-state index contributed by atoms with van der Waals surface area (Å²) in [5, 5.41) is 9.79. The van der Waals surface area contributed by atoms with E-state index < -0.39 is 0 Å². The van der Waals surface area contributed by atoms with Crippen LogP contribution in [0.4, 0.5) is 0 Å². The van der Waals surface area contributed by atoms with Crippen molar-refractivity contribution in [3.05, 3.63) is 22.7 Å². The molecule has 0 fully saturated rings. The van der Waals surface area contributed by atoms with Crippen LogP contribution in [0.3, 0.4) is 0 Å². The molecule has 1 rings (SSSR count). The van der Waals surface area contributed by atoms with Crippen LogP contribution < -0.4 is 10.5 Å². The zero-order valence-electron chi connectivity index (χ0n) is 7.54. The molecular weight excluding hydrogens is 190 g/mol. The van der Waals surface area contributed by atoms with Crippen molar-refractivity contribution in [3.63, 3.8) is 0 Å². The number of nitrogens with two attached hydrogens (primary N) is 1. The predicted molar refractivity (Wildman–Crippen MR) is 52.3 cm³/mol. The molecule has 1 aromatic carbocycles. The van der Waals surface area contributed by atoms with E-state index in [0.29, 0.717) is 11.3 Å². The van der Waals surface area contributed by atoms with E-state index in [0.717, 1.165) is 0 Å².